The third-order valence-corrected chi connectivity index (χ3v) is 3.24. The zero-order valence-electron chi connectivity index (χ0n) is 9.74. The predicted molar refractivity (Wildman–Crippen MR) is 64.1 cm³/mol. The van der Waals surface area contributed by atoms with Gasteiger partial charge in [-0.05, 0) is 19.9 Å². The topological polar surface area (TPSA) is 58.6 Å². The molecule has 16 heavy (non-hydrogen) atoms. The highest BCUT2D eigenvalue weighted by Gasteiger charge is 2.15. The third kappa shape index (κ3) is 3.92. The fourth-order valence-corrected chi connectivity index (χ4v) is 1.97. The maximum absolute atomic E-state index is 10.7. The molecule has 4 nitrogen and oxygen atoms in total. The minimum absolute atomic E-state index is 0.202. The largest absolute Gasteiger partial charge is 0.478 e. The number of thiophene rings is 1. The summed E-state index contributed by atoms with van der Waals surface area (Å²) in [6, 6.07) is 1.69. The first kappa shape index (κ1) is 13.2. The highest BCUT2D eigenvalue weighted by Crippen LogP contribution is 2.14. The number of carboxylic acids is 1. The van der Waals surface area contributed by atoms with Gasteiger partial charge in [0.2, 0.25) is 0 Å². The Hall–Kier alpha value is -0.910. The molecule has 0 aromatic carbocycles. The summed E-state index contributed by atoms with van der Waals surface area (Å²) < 4.78 is 5.27. The van der Waals surface area contributed by atoms with E-state index in [0.29, 0.717) is 12.1 Å². The lowest BCUT2D eigenvalue weighted by Crippen LogP contribution is -2.36. The average Bonchev–Trinajstić information content (AvgIpc) is 2.66. The molecule has 1 aromatic rings. The molecule has 0 unspecified atom stereocenters. The van der Waals surface area contributed by atoms with Gasteiger partial charge in [0.25, 0.3) is 0 Å². The van der Waals surface area contributed by atoms with Gasteiger partial charge in [-0.1, -0.05) is 0 Å². The molecule has 2 N–H and O–H groups in total. The van der Waals surface area contributed by atoms with Crippen molar-refractivity contribution < 1.29 is 14.6 Å². The molecule has 1 heterocycles. The maximum atomic E-state index is 10.7. The van der Waals surface area contributed by atoms with Gasteiger partial charge in [-0.15, -0.1) is 11.3 Å². The first-order valence-corrected chi connectivity index (χ1v) is 5.89. The molecule has 0 saturated carbocycles. The number of carbonyl (C=O) groups is 1. The van der Waals surface area contributed by atoms with Crippen LogP contribution in [-0.2, 0) is 11.3 Å². The van der Waals surface area contributed by atoms with E-state index in [9.17, 15) is 4.79 Å². The van der Waals surface area contributed by atoms with Crippen molar-refractivity contribution in [2.45, 2.75) is 26.0 Å². The molecule has 0 aliphatic heterocycles. The number of rotatable bonds is 6. The van der Waals surface area contributed by atoms with E-state index < -0.39 is 5.97 Å². The number of hydrogen-bond donors (Lipinski definition) is 2. The Morgan fingerprint density at radius 3 is 2.81 bits per heavy atom. The van der Waals surface area contributed by atoms with Crippen LogP contribution in [0.4, 0.5) is 0 Å². The predicted octanol–water partition coefficient (Wildman–Crippen LogP) is 1.96. The Labute approximate surface area is 99.2 Å². The van der Waals surface area contributed by atoms with Gasteiger partial charge < -0.3 is 15.2 Å². The fraction of sp³-hybridized carbons (Fsp3) is 0.545. The van der Waals surface area contributed by atoms with E-state index in [-0.39, 0.29) is 5.60 Å². The van der Waals surface area contributed by atoms with Crippen molar-refractivity contribution in [1.82, 2.24) is 5.32 Å². The number of carboxylic acid groups (broad SMARTS) is 1. The molecule has 0 aliphatic carbocycles. The summed E-state index contributed by atoms with van der Waals surface area (Å²) in [7, 11) is 1.68. The first-order chi connectivity index (χ1) is 7.44. The lowest BCUT2D eigenvalue weighted by Gasteiger charge is -2.22. The molecule has 0 spiro atoms. The van der Waals surface area contributed by atoms with Crippen molar-refractivity contribution >= 4 is 17.3 Å². The Kier molecular flexibility index (Phi) is 4.46. The molecule has 0 bridgehead atoms. The normalized spacial score (nSPS) is 11.7. The number of hydrogen-bond acceptors (Lipinski definition) is 4. The van der Waals surface area contributed by atoms with Crippen molar-refractivity contribution in [3.8, 4) is 0 Å². The summed E-state index contributed by atoms with van der Waals surface area (Å²) in [5.74, 6) is -0.875. The summed E-state index contributed by atoms with van der Waals surface area (Å²) >= 11 is 1.45. The molecule has 0 amide bonds. The van der Waals surface area contributed by atoms with E-state index in [2.05, 4.69) is 5.32 Å². The molecule has 5 heteroatoms. The highest BCUT2D eigenvalue weighted by atomic mass is 32.1. The zero-order valence-corrected chi connectivity index (χ0v) is 10.6. The Morgan fingerprint density at radius 1 is 1.62 bits per heavy atom. The molecule has 0 fully saturated rings. The second-order valence-electron chi connectivity index (χ2n) is 4.17. The Morgan fingerprint density at radius 2 is 2.31 bits per heavy atom. The third-order valence-electron chi connectivity index (χ3n) is 2.30. The average molecular weight is 243 g/mol. The summed E-state index contributed by atoms with van der Waals surface area (Å²) in [6.45, 7) is 5.39. The van der Waals surface area contributed by atoms with Gasteiger partial charge in [0, 0.05) is 30.5 Å². The van der Waals surface area contributed by atoms with Gasteiger partial charge >= 0.3 is 5.97 Å². The Balaban J connectivity index is 2.40. The molecule has 1 rings (SSSR count). The van der Waals surface area contributed by atoms with Gasteiger partial charge in [-0.2, -0.15) is 0 Å². The number of ether oxygens (including phenoxy) is 1. The van der Waals surface area contributed by atoms with Crippen molar-refractivity contribution in [2.24, 2.45) is 0 Å². The highest BCUT2D eigenvalue weighted by molar-refractivity contribution is 7.10. The van der Waals surface area contributed by atoms with E-state index >= 15 is 0 Å². The zero-order chi connectivity index (χ0) is 12.2. The van der Waals surface area contributed by atoms with Gasteiger partial charge in [-0.3, -0.25) is 0 Å². The molecule has 90 valence electrons. The van der Waals surface area contributed by atoms with Gasteiger partial charge in [0.1, 0.15) is 0 Å². The summed E-state index contributed by atoms with van der Waals surface area (Å²) in [5.41, 5.74) is 0.153. The van der Waals surface area contributed by atoms with Gasteiger partial charge in [0.05, 0.1) is 11.2 Å². The van der Waals surface area contributed by atoms with Crippen LogP contribution in [0.2, 0.25) is 0 Å². The Bertz CT molecular complexity index is 360. The quantitative estimate of drug-likeness (QED) is 0.802. The molecule has 0 saturated heterocycles. The van der Waals surface area contributed by atoms with E-state index in [1.807, 2.05) is 13.8 Å². The molecule has 0 aliphatic rings. The minimum atomic E-state index is -0.875. The number of methoxy groups -OCH3 is 1. The summed E-state index contributed by atoms with van der Waals surface area (Å²) in [6.07, 6.45) is 0. The van der Waals surface area contributed by atoms with Crippen LogP contribution in [0.25, 0.3) is 0 Å². The van der Waals surface area contributed by atoms with Crippen LogP contribution in [0.1, 0.15) is 29.1 Å². The number of nitrogens with one attached hydrogen (secondary N) is 1. The van der Waals surface area contributed by atoms with Crippen LogP contribution in [-0.4, -0.2) is 30.3 Å². The summed E-state index contributed by atoms with van der Waals surface area (Å²) in [4.78, 5) is 11.7. The molecule has 0 atom stereocenters. The molecular weight excluding hydrogens is 226 g/mol. The second kappa shape index (κ2) is 5.43. The van der Waals surface area contributed by atoms with Crippen LogP contribution in [0.15, 0.2) is 11.4 Å². The smallest absolute Gasteiger partial charge is 0.336 e. The van der Waals surface area contributed by atoms with Gasteiger partial charge in [0.15, 0.2) is 0 Å². The molecule has 0 radical (unpaired) electrons. The van der Waals surface area contributed by atoms with Crippen molar-refractivity contribution in [3.05, 3.63) is 21.9 Å². The van der Waals surface area contributed by atoms with Crippen LogP contribution >= 0.6 is 11.3 Å². The molecule has 1 aromatic heterocycles. The van der Waals surface area contributed by atoms with Crippen molar-refractivity contribution in [1.29, 1.82) is 0 Å². The van der Waals surface area contributed by atoms with Crippen molar-refractivity contribution in [2.75, 3.05) is 13.7 Å². The SMILES string of the molecule is COC(C)(C)CNCc1cc(C(=O)O)cs1. The first-order valence-electron chi connectivity index (χ1n) is 5.01. The van der Waals surface area contributed by atoms with Crippen LogP contribution in [0.3, 0.4) is 0 Å². The second-order valence-corrected chi connectivity index (χ2v) is 5.17. The maximum Gasteiger partial charge on any atom is 0.336 e. The monoisotopic (exact) mass is 243 g/mol. The van der Waals surface area contributed by atoms with Crippen LogP contribution < -0.4 is 5.32 Å². The lowest BCUT2D eigenvalue weighted by atomic mass is 10.1. The standard InChI is InChI=1S/C11H17NO3S/c1-11(2,15-3)7-12-5-9-4-8(6-16-9)10(13)14/h4,6,12H,5,7H2,1-3H3,(H,13,14). The lowest BCUT2D eigenvalue weighted by molar-refractivity contribution is 0.0231. The van der Waals surface area contributed by atoms with Crippen LogP contribution in [0.5, 0.6) is 0 Å². The minimum Gasteiger partial charge on any atom is -0.478 e. The number of aromatic carboxylic acids is 1. The van der Waals surface area contributed by atoms with E-state index in [4.69, 9.17) is 9.84 Å². The van der Waals surface area contributed by atoms with E-state index in [0.717, 1.165) is 11.4 Å². The summed E-state index contributed by atoms with van der Waals surface area (Å²) in [5, 5.41) is 13.6. The molecular formula is C11H17NO3S. The van der Waals surface area contributed by atoms with Gasteiger partial charge in [-0.25, -0.2) is 4.79 Å². The van der Waals surface area contributed by atoms with Crippen molar-refractivity contribution in [3.63, 3.8) is 0 Å². The van der Waals surface area contributed by atoms with E-state index in [1.54, 1.807) is 18.6 Å². The fourth-order valence-electron chi connectivity index (χ4n) is 1.14. The van der Waals surface area contributed by atoms with E-state index in [1.165, 1.54) is 11.3 Å². The van der Waals surface area contributed by atoms with Crippen LogP contribution in [0, 0.1) is 0 Å².